The van der Waals surface area contributed by atoms with E-state index in [-0.39, 0.29) is 6.04 Å². The number of aromatic nitrogens is 3. The Hall–Kier alpha value is -2.66. The Morgan fingerprint density at radius 1 is 1.00 bits per heavy atom. The average molecular weight is 326 g/mol. The molecular weight excluding hydrogens is 310 g/mol. The summed E-state index contributed by atoms with van der Waals surface area (Å²) in [5.41, 5.74) is 1.91. The van der Waals surface area contributed by atoms with Crippen LogP contribution < -0.4 is 10.6 Å². The highest BCUT2D eigenvalue weighted by molar-refractivity contribution is 6.33. The highest BCUT2D eigenvalue weighted by atomic mass is 35.5. The predicted molar refractivity (Wildman–Crippen MR) is 93.0 cm³/mol. The summed E-state index contributed by atoms with van der Waals surface area (Å²) in [6, 6.07) is 17.7. The van der Waals surface area contributed by atoms with Crippen molar-refractivity contribution in [3.05, 3.63) is 71.4 Å². The Morgan fingerprint density at radius 2 is 1.74 bits per heavy atom. The van der Waals surface area contributed by atoms with Crippen molar-refractivity contribution in [1.82, 2.24) is 15.2 Å². The minimum Gasteiger partial charge on any atom is -0.362 e. The number of anilines is 3. The lowest BCUT2D eigenvalue weighted by atomic mass is 10.1. The number of halogens is 1. The summed E-state index contributed by atoms with van der Waals surface area (Å²) in [7, 11) is 0. The van der Waals surface area contributed by atoms with Crippen LogP contribution in [0.15, 0.2) is 60.8 Å². The van der Waals surface area contributed by atoms with Gasteiger partial charge in [0.05, 0.1) is 16.9 Å². The number of hydrogen-bond donors (Lipinski definition) is 2. The number of nitrogens with zero attached hydrogens (tertiary/aromatic N) is 3. The van der Waals surface area contributed by atoms with Crippen LogP contribution >= 0.6 is 11.6 Å². The van der Waals surface area contributed by atoms with Gasteiger partial charge < -0.3 is 10.6 Å². The number of para-hydroxylation sites is 1. The molecule has 0 radical (unpaired) electrons. The number of rotatable bonds is 5. The van der Waals surface area contributed by atoms with E-state index in [1.807, 2.05) is 36.4 Å². The Balaban J connectivity index is 1.74. The molecule has 2 aromatic carbocycles. The molecule has 1 unspecified atom stereocenters. The topological polar surface area (TPSA) is 62.7 Å². The van der Waals surface area contributed by atoms with Crippen LogP contribution in [0.25, 0.3) is 0 Å². The van der Waals surface area contributed by atoms with Crippen molar-refractivity contribution in [2.45, 2.75) is 13.0 Å². The summed E-state index contributed by atoms with van der Waals surface area (Å²) >= 11 is 6.12. The Bertz CT molecular complexity index is 779. The third kappa shape index (κ3) is 3.96. The van der Waals surface area contributed by atoms with Gasteiger partial charge in [-0.1, -0.05) is 54.1 Å². The standard InChI is InChI=1S/C17H16ClN5/c1-12(13-7-3-2-4-8-13)20-16-11-19-23-17(22-16)21-15-10-6-5-9-14(15)18/h2-12H,1H3,(H2,20,21,22,23). The molecule has 0 spiro atoms. The monoisotopic (exact) mass is 325 g/mol. The molecule has 23 heavy (non-hydrogen) atoms. The quantitative estimate of drug-likeness (QED) is 0.726. The predicted octanol–water partition coefficient (Wildman–Crippen LogP) is 4.44. The van der Waals surface area contributed by atoms with E-state index < -0.39 is 0 Å². The van der Waals surface area contributed by atoms with E-state index >= 15 is 0 Å². The Morgan fingerprint density at radius 3 is 2.52 bits per heavy atom. The van der Waals surface area contributed by atoms with Crippen LogP contribution in [0.1, 0.15) is 18.5 Å². The van der Waals surface area contributed by atoms with Crippen molar-refractivity contribution in [1.29, 1.82) is 0 Å². The van der Waals surface area contributed by atoms with Crippen LogP contribution in [0.3, 0.4) is 0 Å². The highest BCUT2D eigenvalue weighted by Gasteiger charge is 2.08. The fourth-order valence-corrected chi connectivity index (χ4v) is 2.34. The largest absolute Gasteiger partial charge is 0.362 e. The minimum atomic E-state index is 0.112. The van der Waals surface area contributed by atoms with Gasteiger partial charge in [-0.3, -0.25) is 0 Å². The second-order valence-corrected chi connectivity index (χ2v) is 5.45. The molecule has 1 atom stereocenters. The molecule has 1 heterocycles. The molecule has 2 N–H and O–H groups in total. The maximum absolute atomic E-state index is 6.12. The minimum absolute atomic E-state index is 0.112. The third-order valence-corrected chi connectivity index (χ3v) is 3.67. The van der Waals surface area contributed by atoms with Crippen molar-refractivity contribution < 1.29 is 0 Å². The molecule has 1 aromatic heterocycles. The van der Waals surface area contributed by atoms with E-state index in [1.54, 1.807) is 12.3 Å². The second-order valence-electron chi connectivity index (χ2n) is 5.05. The number of nitrogens with one attached hydrogen (secondary N) is 2. The first kappa shape index (κ1) is 15.2. The first-order chi connectivity index (χ1) is 11.2. The third-order valence-electron chi connectivity index (χ3n) is 3.34. The van der Waals surface area contributed by atoms with E-state index in [0.717, 1.165) is 5.69 Å². The normalized spacial score (nSPS) is 11.7. The van der Waals surface area contributed by atoms with Gasteiger partial charge in [0.1, 0.15) is 0 Å². The SMILES string of the molecule is CC(Nc1cnnc(Nc2ccccc2Cl)n1)c1ccccc1. The summed E-state index contributed by atoms with van der Waals surface area (Å²) in [4.78, 5) is 4.42. The molecular formula is C17H16ClN5. The van der Waals surface area contributed by atoms with Gasteiger partial charge in [-0.2, -0.15) is 10.1 Å². The molecule has 0 bridgehead atoms. The molecule has 0 aliphatic heterocycles. The van der Waals surface area contributed by atoms with E-state index in [2.05, 4.69) is 44.9 Å². The van der Waals surface area contributed by atoms with Crippen LogP contribution in [-0.2, 0) is 0 Å². The molecule has 3 rings (SSSR count). The maximum atomic E-state index is 6.12. The number of hydrogen-bond acceptors (Lipinski definition) is 5. The van der Waals surface area contributed by atoms with Crippen LogP contribution in [0.2, 0.25) is 5.02 Å². The summed E-state index contributed by atoms with van der Waals surface area (Å²) in [5.74, 6) is 1.04. The highest BCUT2D eigenvalue weighted by Crippen LogP contribution is 2.23. The van der Waals surface area contributed by atoms with Gasteiger partial charge in [0.2, 0.25) is 5.95 Å². The van der Waals surface area contributed by atoms with Gasteiger partial charge in [-0.15, -0.1) is 5.10 Å². The van der Waals surface area contributed by atoms with E-state index in [0.29, 0.717) is 16.8 Å². The Kier molecular flexibility index (Phi) is 4.68. The van der Waals surface area contributed by atoms with Gasteiger partial charge >= 0.3 is 0 Å². The Labute approximate surface area is 139 Å². The zero-order valence-corrected chi connectivity index (χ0v) is 13.3. The second kappa shape index (κ2) is 7.07. The molecule has 3 aromatic rings. The van der Waals surface area contributed by atoms with E-state index in [4.69, 9.17) is 11.6 Å². The fourth-order valence-electron chi connectivity index (χ4n) is 2.16. The van der Waals surface area contributed by atoms with Gasteiger partial charge in [0.15, 0.2) is 5.82 Å². The lowest BCUT2D eigenvalue weighted by Crippen LogP contribution is -2.10. The van der Waals surface area contributed by atoms with Crippen molar-refractivity contribution in [3.8, 4) is 0 Å². The molecule has 0 fully saturated rings. The molecule has 5 nitrogen and oxygen atoms in total. The molecule has 0 saturated heterocycles. The molecule has 116 valence electrons. The van der Waals surface area contributed by atoms with Crippen LogP contribution in [-0.4, -0.2) is 15.2 Å². The van der Waals surface area contributed by atoms with Crippen LogP contribution in [0.4, 0.5) is 17.5 Å². The average Bonchev–Trinajstić information content (AvgIpc) is 2.58. The molecule has 6 heteroatoms. The van der Waals surface area contributed by atoms with Gasteiger partial charge in [-0.05, 0) is 24.6 Å². The molecule has 0 amide bonds. The van der Waals surface area contributed by atoms with E-state index in [9.17, 15) is 0 Å². The first-order valence-corrected chi connectivity index (χ1v) is 7.63. The lowest BCUT2D eigenvalue weighted by Gasteiger charge is -2.15. The van der Waals surface area contributed by atoms with E-state index in [1.165, 1.54) is 5.56 Å². The summed E-state index contributed by atoms with van der Waals surface area (Å²) < 4.78 is 0. The van der Waals surface area contributed by atoms with Crippen molar-refractivity contribution in [3.63, 3.8) is 0 Å². The summed E-state index contributed by atoms with van der Waals surface area (Å²) in [6.07, 6.45) is 1.59. The molecule has 0 saturated carbocycles. The number of benzene rings is 2. The van der Waals surface area contributed by atoms with Gasteiger partial charge in [-0.25, -0.2) is 0 Å². The van der Waals surface area contributed by atoms with Crippen molar-refractivity contribution >= 4 is 29.1 Å². The zero-order valence-electron chi connectivity index (χ0n) is 12.6. The smallest absolute Gasteiger partial charge is 0.249 e. The van der Waals surface area contributed by atoms with Crippen molar-refractivity contribution in [2.75, 3.05) is 10.6 Å². The molecule has 0 aliphatic carbocycles. The zero-order chi connectivity index (χ0) is 16.1. The van der Waals surface area contributed by atoms with Gasteiger partial charge in [0, 0.05) is 6.04 Å². The summed E-state index contributed by atoms with van der Waals surface area (Å²) in [6.45, 7) is 2.07. The first-order valence-electron chi connectivity index (χ1n) is 7.25. The summed E-state index contributed by atoms with van der Waals surface area (Å²) in [5, 5.41) is 14.9. The lowest BCUT2D eigenvalue weighted by molar-refractivity contribution is 0.861. The fraction of sp³-hybridized carbons (Fsp3) is 0.118. The van der Waals surface area contributed by atoms with Gasteiger partial charge in [0.25, 0.3) is 0 Å². The van der Waals surface area contributed by atoms with Crippen molar-refractivity contribution in [2.24, 2.45) is 0 Å². The molecule has 0 aliphatic rings. The van der Waals surface area contributed by atoms with Crippen LogP contribution in [0, 0.1) is 0 Å². The maximum Gasteiger partial charge on any atom is 0.249 e. The van der Waals surface area contributed by atoms with Crippen LogP contribution in [0.5, 0.6) is 0 Å².